The van der Waals surface area contributed by atoms with Crippen LogP contribution in [0.2, 0.25) is 0 Å². The Bertz CT molecular complexity index is 1540. The quantitative estimate of drug-likeness (QED) is 0.381. The highest BCUT2D eigenvalue weighted by Crippen LogP contribution is 2.45. The van der Waals surface area contributed by atoms with Crippen LogP contribution >= 0.6 is 0 Å². The van der Waals surface area contributed by atoms with Gasteiger partial charge in [0.15, 0.2) is 11.5 Å². The number of carbonyl (C=O) groups excluding carboxylic acids is 2. The van der Waals surface area contributed by atoms with Gasteiger partial charge in [-0.15, -0.1) is 0 Å². The minimum Gasteiger partial charge on any atom is -0.493 e. The van der Waals surface area contributed by atoms with Crippen LogP contribution in [0, 0.1) is 0 Å². The van der Waals surface area contributed by atoms with Crippen LogP contribution < -0.4 is 9.47 Å². The molecule has 7 heteroatoms. The molecule has 0 spiro atoms. The zero-order chi connectivity index (χ0) is 25.0. The first kappa shape index (κ1) is 22.6. The molecule has 0 aliphatic carbocycles. The van der Waals surface area contributed by atoms with E-state index in [9.17, 15) is 9.59 Å². The van der Waals surface area contributed by atoms with Crippen molar-refractivity contribution in [3.63, 3.8) is 0 Å². The van der Waals surface area contributed by atoms with Crippen molar-refractivity contribution >= 4 is 33.7 Å². The van der Waals surface area contributed by atoms with Crippen LogP contribution in [0.1, 0.15) is 43.8 Å². The second kappa shape index (κ2) is 8.68. The average Bonchev–Trinajstić information content (AvgIpc) is 3.25. The van der Waals surface area contributed by atoms with E-state index in [-0.39, 0.29) is 11.9 Å². The third-order valence-corrected chi connectivity index (χ3v) is 7.56. The van der Waals surface area contributed by atoms with Crippen molar-refractivity contribution in [2.75, 3.05) is 27.9 Å². The van der Waals surface area contributed by atoms with Crippen LogP contribution in [-0.2, 0) is 30.7 Å². The molecule has 0 unspecified atom stereocenters. The number of carbonyl (C=O) groups is 2. The third kappa shape index (κ3) is 3.30. The van der Waals surface area contributed by atoms with Crippen LogP contribution in [0.3, 0.4) is 0 Å². The van der Waals surface area contributed by atoms with Crippen LogP contribution in [0.15, 0.2) is 42.5 Å². The van der Waals surface area contributed by atoms with E-state index in [0.717, 1.165) is 58.0 Å². The summed E-state index contributed by atoms with van der Waals surface area (Å²) in [6.45, 7) is 2.30. The summed E-state index contributed by atoms with van der Waals surface area (Å²) in [6, 6.07) is 14.2. The van der Waals surface area contributed by atoms with Crippen molar-refractivity contribution in [3.05, 3.63) is 70.3 Å². The minimum atomic E-state index is -0.342. The summed E-state index contributed by atoms with van der Waals surface area (Å²) in [7, 11) is 4.63. The normalized spacial score (nSPS) is 15.2. The van der Waals surface area contributed by atoms with Gasteiger partial charge >= 0.3 is 5.97 Å². The lowest BCUT2D eigenvalue weighted by Gasteiger charge is -2.32. The summed E-state index contributed by atoms with van der Waals surface area (Å²) in [4.78, 5) is 28.8. The van der Waals surface area contributed by atoms with Gasteiger partial charge in [0.05, 0.1) is 37.9 Å². The second-order valence-electron chi connectivity index (χ2n) is 9.43. The van der Waals surface area contributed by atoms with Gasteiger partial charge in [0.1, 0.15) is 0 Å². The molecule has 0 fully saturated rings. The van der Waals surface area contributed by atoms with Crippen molar-refractivity contribution in [1.29, 1.82) is 0 Å². The molecule has 0 atom stereocenters. The molecule has 4 aromatic rings. The molecule has 0 saturated carbocycles. The van der Waals surface area contributed by atoms with E-state index in [1.54, 1.807) is 18.8 Å². The van der Waals surface area contributed by atoms with Crippen molar-refractivity contribution in [1.82, 2.24) is 9.47 Å². The third-order valence-electron chi connectivity index (χ3n) is 7.56. The summed E-state index contributed by atoms with van der Waals surface area (Å²) in [5.41, 5.74) is 6.48. The van der Waals surface area contributed by atoms with Gasteiger partial charge in [-0.05, 0) is 41.2 Å². The highest BCUT2D eigenvalue weighted by Gasteiger charge is 2.35. The Morgan fingerprint density at radius 1 is 0.917 bits per heavy atom. The number of esters is 1. The lowest BCUT2D eigenvalue weighted by Crippen LogP contribution is -2.33. The molecule has 0 amide bonds. The first-order valence-corrected chi connectivity index (χ1v) is 12.2. The SMILES string of the molecule is COC(=O)c1c2c(c3c4cc(OC)c(OC)cc4n4c3c1CCC4=O)CCN(Cc1ccccc1)C2. The number of methoxy groups -OCH3 is 3. The van der Waals surface area contributed by atoms with Crippen molar-refractivity contribution in [2.45, 2.75) is 32.4 Å². The van der Waals surface area contributed by atoms with Gasteiger partial charge in [-0.2, -0.15) is 0 Å². The number of rotatable bonds is 5. The Kier molecular flexibility index (Phi) is 5.45. The molecule has 36 heavy (non-hydrogen) atoms. The highest BCUT2D eigenvalue weighted by atomic mass is 16.5. The number of benzene rings is 3. The maximum atomic E-state index is 13.2. The predicted octanol–water partition coefficient (Wildman–Crippen LogP) is 4.74. The molecule has 0 radical (unpaired) electrons. The van der Waals surface area contributed by atoms with Crippen molar-refractivity contribution in [2.24, 2.45) is 0 Å². The lowest BCUT2D eigenvalue weighted by atomic mass is 9.85. The Morgan fingerprint density at radius 3 is 2.39 bits per heavy atom. The number of hydrogen-bond donors (Lipinski definition) is 0. The summed E-state index contributed by atoms with van der Waals surface area (Å²) >= 11 is 0. The van der Waals surface area contributed by atoms with Crippen LogP contribution in [0.25, 0.3) is 21.8 Å². The largest absolute Gasteiger partial charge is 0.493 e. The number of fused-ring (bicyclic) bond motifs is 5. The van der Waals surface area contributed by atoms with E-state index in [0.29, 0.717) is 36.4 Å². The molecular weight excluding hydrogens is 456 g/mol. The fourth-order valence-corrected chi connectivity index (χ4v) is 6.00. The first-order chi connectivity index (χ1) is 17.5. The zero-order valence-electron chi connectivity index (χ0n) is 20.7. The van der Waals surface area contributed by atoms with E-state index in [4.69, 9.17) is 14.2 Å². The Hall–Kier alpha value is -3.84. The Labute approximate surface area is 209 Å². The molecule has 184 valence electrons. The van der Waals surface area contributed by atoms with Gasteiger partial charge in [-0.25, -0.2) is 4.79 Å². The van der Waals surface area contributed by atoms with Gasteiger partial charge < -0.3 is 14.2 Å². The van der Waals surface area contributed by atoms with E-state index in [1.807, 2.05) is 30.3 Å². The minimum absolute atomic E-state index is 0.0204. The summed E-state index contributed by atoms with van der Waals surface area (Å²) in [5.74, 6) is 0.864. The van der Waals surface area contributed by atoms with Crippen molar-refractivity contribution in [3.8, 4) is 11.5 Å². The Morgan fingerprint density at radius 2 is 1.67 bits per heavy atom. The Balaban J connectivity index is 1.65. The van der Waals surface area contributed by atoms with Crippen LogP contribution in [0.4, 0.5) is 0 Å². The zero-order valence-corrected chi connectivity index (χ0v) is 20.7. The van der Waals surface area contributed by atoms with Gasteiger partial charge in [0.25, 0.3) is 0 Å². The molecule has 0 N–H and O–H groups in total. The summed E-state index contributed by atoms with van der Waals surface area (Å²) < 4.78 is 18.2. The molecule has 0 bridgehead atoms. The van der Waals surface area contributed by atoms with Gasteiger partial charge in [0.2, 0.25) is 5.91 Å². The lowest BCUT2D eigenvalue weighted by molar-refractivity contribution is 0.0595. The van der Waals surface area contributed by atoms with Gasteiger partial charge in [-0.1, -0.05) is 30.3 Å². The number of hydrogen-bond acceptors (Lipinski definition) is 6. The first-order valence-electron chi connectivity index (χ1n) is 12.2. The number of aromatic nitrogens is 1. The fraction of sp³-hybridized carbons (Fsp3) is 0.310. The summed E-state index contributed by atoms with van der Waals surface area (Å²) in [5, 5.41) is 1.99. The number of ether oxygens (including phenoxy) is 3. The number of nitrogens with zero attached hydrogens (tertiary/aromatic N) is 2. The molecule has 0 saturated heterocycles. The van der Waals surface area contributed by atoms with Gasteiger partial charge in [-0.3, -0.25) is 14.3 Å². The molecule has 1 aromatic heterocycles. The molecular formula is C29H28N2O5. The van der Waals surface area contributed by atoms with E-state index in [1.165, 1.54) is 12.7 Å². The predicted molar refractivity (Wildman–Crippen MR) is 137 cm³/mol. The summed E-state index contributed by atoms with van der Waals surface area (Å²) in [6.07, 6.45) is 1.61. The molecule has 6 rings (SSSR count). The second-order valence-corrected chi connectivity index (χ2v) is 9.43. The van der Waals surface area contributed by atoms with E-state index >= 15 is 0 Å². The highest BCUT2D eigenvalue weighted by molar-refractivity contribution is 6.19. The van der Waals surface area contributed by atoms with Gasteiger partial charge in [0, 0.05) is 42.9 Å². The number of aryl methyl sites for hydroxylation is 1. The molecule has 7 nitrogen and oxygen atoms in total. The molecule has 3 aromatic carbocycles. The van der Waals surface area contributed by atoms with E-state index < -0.39 is 0 Å². The molecule has 3 heterocycles. The maximum absolute atomic E-state index is 13.2. The maximum Gasteiger partial charge on any atom is 0.338 e. The smallest absolute Gasteiger partial charge is 0.338 e. The van der Waals surface area contributed by atoms with Crippen LogP contribution in [-0.4, -0.2) is 49.2 Å². The standard InChI is InChI=1S/C29H28N2O5/c1-34-23-13-20-22(14-24(23)35-2)31-25(32)10-9-19-27(29(33)36-3)21-16-30(15-17-7-5-4-6-8-17)12-11-18(21)26(20)28(19)31/h4-8,13-14H,9-12,15-16H2,1-3H3. The monoisotopic (exact) mass is 484 g/mol. The van der Waals surface area contributed by atoms with Crippen molar-refractivity contribution < 1.29 is 23.8 Å². The topological polar surface area (TPSA) is 70.0 Å². The van der Waals surface area contributed by atoms with Crippen LogP contribution in [0.5, 0.6) is 11.5 Å². The molecule has 2 aliphatic rings. The van der Waals surface area contributed by atoms with E-state index in [2.05, 4.69) is 17.0 Å². The average molecular weight is 485 g/mol. The molecule has 2 aliphatic heterocycles. The fourth-order valence-electron chi connectivity index (χ4n) is 6.00.